The standard InChI is InChI=1S/C19H24FN5O2.ClH/c1-13(27-16-4-2-15(20)3-5-16)19(26)24-9-6-14(7-10-24)18-23-22-17-12-21-8-11-25(17)18;/h2-5,13-14,21H,6-12H2,1H3;1H. The first-order valence-corrected chi connectivity index (χ1v) is 9.45. The van der Waals surface area contributed by atoms with E-state index in [0.717, 1.165) is 44.1 Å². The number of ether oxygens (including phenoxy) is 1. The van der Waals surface area contributed by atoms with E-state index in [9.17, 15) is 9.18 Å². The number of likely N-dealkylation sites (tertiary alicyclic amines) is 1. The Morgan fingerprint density at radius 1 is 1.21 bits per heavy atom. The average Bonchev–Trinajstić information content (AvgIpc) is 3.13. The van der Waals surface area contributed by atoms with Crippen LogP contribution in [0.15, 0.2) is 24.3 Å². The van der Waals surface area contributed by atoms with Gasteiger partial charge in [0.05, 0.1) is 6.54 Å². The molecule has 1 atom stereocenters. The van der Waals surface area contributed by atoms with Gasteiger partial charge < -0.3 is 19.5 Å². The molecule has 0 aliphatic carbocycles. The molecule has 1 aromatic carbocycles. The monoisotopic (exact) mass is 409 g/mol. The number of amides is 1. The summed E-state index contributed by atoms with van der Waals surface area (Å²) in [5.41, 5.74) is 0. The smallest absolute Gasteiger partial charge is 0.263 e. The van der Waals surface area contributed by atoms with Gasteiger partial charge in [0.15, 0.2) is 6.10 Å². The van der Waals surface area contributed by atoms with E-state index in [1.807, 2.05) is 4.90 Å². The van der Waals surface area contributed by atoms with Crippen LogP contribution in [0.1, 0.15) is 37.3 Å². The maximum absolute atomic E-state index is 13.0. The molecule has 4 rings (SSSR count). The zero-order valence-electron chi connectivity index (χ0n) is 15.8. The van der Waals surface area contributed by atoms with E-state index in [2.05, 4.69) is 20.1 Å². The van der Waals surface area contributed by atoms with E-state index in [4.69, 9.17) is 4.74 Å². The summed E-state index contributed by atoms with van der Waals surface area (Å²) in [6.45, 7) is 5.71. The number of benzene rings is 1. The van der Waals surface area contributed by atoms with Gasteiger partial charge in [0.2, 0.25) is 0 Å². The normalized spacial score (nSPS) is 18.1. The first kappa shape index (κ1) is 20.5. The molecule has 28 heavy (non-hydrogen) atoms. The second kappa shape index (κ2) is 8.87. The van der Waals surface area contributed by atoms with Crippen molar-refractivity contribution in [2.45, 2.75) is 44.9 Å². The van der Waals surface area contributed by atoms with Crippen LogP contribution >= 0.6 is 12.4 Å². The predicted octanol–water partition coefficient (Wildman–Crippen LogP) is 2.12. The number of hydrogen-bond donors (Lipinski definition) is 1. The topological polar surface area (TPSA) is 72.3 Å². The zero-order valence-corrected chi connectivity index (χ0v) is 16.6. The van der Waals surface area contributed by atoms with Gasteiger partial charge in [0.25, 0.3) is 5.91 Å². The van der Waals surface area contributed by atoms with Crippen LogP contribution in [0.25, 0.3) is 0 Å². The molecule has 1 aromatic heterocycles. The van der Waals surface area contributed by atoms with Gasteiger partial charge in [-0.25, -0.2) is 4.39 Å². The molecule has 1 unspecified atom stereocenters. The maximum atomic E-state index is 13.0. The van der Waals surface area contributed by atoms with Crippen LogP contribution in [0.3, 0.4) is 0 Å². The molecule has 1 saturated heterocycles. The zero-order chi connectivity index (χ0) is 18.8. The van der Waals surface area contributed by atoms with Crippen LogP contribution in [0.2, 0.25) is 0 Å². The quantitative estimate of drug-likeness (QED) is 0.837. The van der Waals surface area contributed by atoms with Crippen molar-refractivity contribution < 1.29 is 13.9 Å². The Balaban J connectivity index is 0.00000225. The van der Waals surface area contributed by atoms with Gasteiger partial charge in [-0.15, -0.1) is 22.6 Å². The molecule has 2 aliphatic heterocycles. The predicted molar refractivity (Wildman–Crippen MR) is 104 cm³/mol. The SMILES string of the molecule is CC(Oc1ccc(F)cc1)C(=O)N1CCC(c2nnc3n2CCNC3)CC1.Cl. The summed E-state index contributed by atoms with van der Waals surface area (Å²) >= 11 is 0. The Morgan fingerprint density at radius 3 is 2.64 bits per heavy atom. The van der Waals surface area contributed by atoms with E-state index in [-0.39, 0.29) is 24.1 Å². The van der Waals surface area contributed by atoms with Gasteiger partial charge in [0, 0.05) is 32.1 Å². The highest BCUT2D eigenvalue weighted by Crippen LogP contribution is 2.28. The van der Waals surface area contributed by atoms with Gasteiger partial charge >= 0.3 is 0 Å². The number of carbonyl (C=O) groups excluding carboxylic acids is 1. The van der Waals surface area contributed by atoms with E-state index in [1.165, 1.54) is 24.3 Å². The molecule has 0 saturated carbocycles. The summed E-state index contributed by atoms with van der Waals surface area (Å²) in [5.74, 6) is 2.52. The third kappa shape index (κ3) is 4.28. The van der Waals surface area contributed by atoms with E-state index < -0.39 is 6.10 Å². The van der Waals surface area contributed by atoms with Crippen LogP contribution in [0.5, 0.6) is 5.75 Å². The van der Waals surface area contributed by atoms with Crippen molar-refractivity contribution in [3.63, 3.8) is 0 Å². The largest absolute Gasteiger partial charge is 0.481 e. The van der Waals surface area contributed by atoms with Crippen LogP contribution in [0.4, 0.5) is 4.39 Å². The lowest BCUT2D eigenvalue weighted by Gasteiger charge is -2.33. The van der Waals surface area contributed by atoms with Crippen molar-refractivity contribution >= 4 is 18.3 Å². The van der Waals surface area contributed by atoms with Crippen molar-refractivity contribution in [1.82, 2.24) is 25.0 Å². The van der Waals surface area contributed by atoms with Gasteiger partial charge in [-0.1, -0.05) is 0 Å². The molecule has 1 N–H and O–H groups in total. The molecule has 0 radical (unpaired) electrons. The van der Waals surface area contributed by atoms with E-state index in [1.54, 1.807) is 6.92 Å². The summed E-state index contributed by atoms with van der Waals surface area (Å²) in [5, 5.41) is 12.0. The molecule has 3 heterocycles. The summed E-state index contributed by atoms with van der Waals surface area (Å²) in [6, 6.07) is 5.73. The van der Waals surface area contributed by atoms with Crippen molar-refractivity contribution in [3.05, 3.63) is 41.7 Å². The van der Waals surface area contributed by atoms with Crippen LogP contribution in [0, 0.1) is 5.82 Å². The highest BCUT2D eigenvalue weighted by molar-refractivity contribution is 5.85. The van der Waals surface area contributed by atoms with Crippen LogP contribution in [-0.2, 0) is 17.9 Å². The van der Waals surface area contributed by atoms with Gasteiger partial charge in [-0.2, -0.15) is 0 Å². The fraction of sp³-hybridized carbons (Fsp3) is 0.526. The summed E-state index contributed by atoms with van der Waals surface area (Å²) in [4.78, 5) is 14.5. The maximum Gasteiger partial charge on any atom is 0.263 e. The Labute approximate surface area is 169 Å². The number of aromatic nitrogens is 3. The molecule has 9 heteroatoms. The van der Waals surface area contributed by atoms with Crippen molar-refractivity contribution in [2.75, 3.05) is 19.6 Å². The highest BCUT2D eigenvalue weighted by Gasteiger charge is 2.30. The second-order valence-corrected chi connectivity index (χ2v) is 7.12. The van der Waals surface area contributed by atoms with E-state index in [0.29, 0.717) is 24.8 Å². The number of nitrogens with one attached hydrogen (secondary N) is 1. The lowest BCUT2D eigenvalue weighted by Crippen LogP contribution is -2.44. The first-order chi connectivity index (χ1) is 13.1. The number of fused-ring (bicyclic) bond motifs is 1. The minimum atomic E-state index is -0.598. The van der Waals surface area contributed by atoms with Gasteiger partial charge in [-0.05, 0) is 44.0 Å². The van der Waals surface area contributed by atoms with Crippen molar-refractivity contribution in [1.29, 1.82) is 0 Å². The third-order valence-electron chi connectivity index (χ3n) is 5.30. The Morgan fingerprint density at radius 2 is 1.93 bits per heavy atom. The molecule has 1 fully saturated rings. The van der Waals surface area contributed by atoms with E-state index >= 15 is 0 Å². The second-order valence-electron chi connectivity index (χ2n) is 7.12. The number of hydrogen-bond acceptors (Lipinski definition) is 5. The molecule has 2 aromatic rings. The average molecular weight is 410 g/mol. The minimum Gasteiger partial charge on any atom is -0.481 e. The Hall–Kier alpha value is -2.19. The molecule has 2 aliphatic rings. The summed E-state index contributed by atoms with van der Waals surface area (Å²) in [6.07, 6.45) is 1.15. The lowest BCUT2D eigenvalue weighted by molar-refractivity contribution is -0.139. The number of carbonyl (C=O) groups is 1. The number of nitrogens with zero attached hydrogens (tertiary/aromatic N) is 4. The fourth-order valence-corrected chi connectivity index (χ4v) is 3.80. The lowest BCUT2D eigenvalue weighted by atomic mass is 9.95. The molecule has 0 spiro atoms. The first-order valence-electron chi connectivity index (χ1n) is 9.45. The van der Waals surface area contributed by atoms with Gasteiger partial charge in [-0.3, -0.25) is 4.79 Å². The Kier molecular flexibility index (Phi) is 6.51. The number of halogens is 2. The minimum absolute atomic E-state index is 0. The molecule has 0 bridgehead atoms. The molecule has 152 valence electrons. The van der Waals surface area contributed by atoms with Crippen LogP contribution < -0.4 is 10.1 Å². The molecule has 1 amide bonds. The number of rotatable bonds is 4. The van der Waals surface area contributed by atoms with Crippen molar-refractivity contribution in [3.8, 4) is 5.75 Å². The van der Waals surface area contributed by atoms with Gasteiger partial charge in [0.1, 0.15) is 23.2 Å². The fourth-order valence-electron chi connectivity index (χ4n) is 3.80. The Bertz CT molecular complexity index is 805. The summed E-state index contributed by atoms with van der Waals surface area (Å²) < 4.78 is 20.9. The van der Waals surface area contributed by atoms with Crippen molar-refractivity contribution in [2.24, 2.45) is 0 Å². The third-order valence-corrected chi connectivity index (χ3v) is 5.30. The molecule has 7 nitrogen and oxygen atoms in total. The number of piperidine rings is 1. The molecular weight excluding hydrogens is 385 g/mol. The highest BCUT2D eigenvalue weighted by atomic mass is 35.5. The molecular formula is C19H25ClFN5O2. The van der Waals surface area contributed by atoms with Crippen LogP contribution in [-0.4, -0.2) is 51.3 Å². The summed E-state index contributed by atoms with van der Waals surface area (Å²) in [7, 11) is 0.